The summed E-state index contributed by atoms with van der Waals surface area (Å²) in [5.74, 6) is 2.07. The Morgan fingerprint density at radius 2 is 1.80 bits per heavy atom. The molecule has 2 saturated carbocycles. The van der Waals surface area contributed by atoms with Gasteiger partial charge in [0.1, 0.15) is 13.2 Å². The maximum atomic E-state index is 12.3. The molecule has 0 radical (unpaired) electrons. The molecule has 0 spiro atoms. The van der Waals surface area contributed by atoms with Crippen molar-refractivity contribution < 1.29 is 19.1 Å². The van der Waals surface area contributed by atoms with Gasteiger partial charge in [-0.1, -0.05) is 6.07 Å². The van der Waals surface area contributed by atoms with Crippen LogP contribution in [0.15, 0.2) is 18.2 Å². The maximum Gasteiger partial charge on any atom is 0.239 e. The molecule has 2 aliphatic carbocycles. The first kappa shape index (κ1) is 16.2. The van der Waals surface area contributed by atoms with Crippen molar-refractivity contribution in [1.82, 2.24) is 10.6 Å². The SMILES string of the molecule is O=C(CC(c1ccc2c(c1)OCCO2)C1CC1)NCC(=O)NC1CC1. The minimum atomic E-state index is -0.0989. The van der Waals surface area contributed by atoms with Gasteiger partial charge in [-0.25, -0.2) is 0 Å². The first-order chi connectivity index (χ1) is 12.2. The number of ether oxygens (including phenoxy) is 2. The van der Waals surface area contributed by atoms with E-state index in [0.717, 1.165) is 42.7 Å². The zero-order valence-corrected chi connectivity index (χ0v) is 14.3. The van der Waals surface area contributed by atoms with E-state index in [1.165, 1.54) is 0 Å². The van der Waals surface area contributed by atoms with Crippen LogP contribution in [0.4, 0.5) is 0 Å². The predicted octanol–water partition coefficient (Wildman–Crippen LogP) is 1.74. The third-order valence-electron chi connectivity index (χ3n) is 4.98. The van der Waals surface area contributed by atoms with E-state index in [4.69, 9.17) is 9.47 Å². The third kappa shape index (κ3) is 4.24. The number of hydrogen-bond donors (Lipinski definition) is 2. The number of carbonyl (C=O) groups excluding carboxylic acids is 2. The van der Waals surface area contributed by atoms with E-state index in [1.807, 2.05) is 18.2 Å². The smallest absolute Gasteiger partial charge is 0.239 e. The molecule has 1 unspecified atom stereocenters. The normalized spacial score (nSPS) is 19.8. The van der Waals surface area contributed by atoms with Gasteiger partial charge in [-0.15, -0.1) is 0 Å². The van der Waals surface area contributed by atoms with Gasteiger partial charge < -0.3 is 20.1 Å². The number of rotatable bonds is 7. The second-order valence-electron chi connectivity index (χ2n) is 7.17. The van der Waals surface area contributed by atoms with Crippen molar-refractivity contribution in [3.05, 3.63) is 23.8 Å². The van der Waals surface area contributed by atoms with E-state index >= 15 is 0 Å². The lowest BCUT2D eigenvalue weighted by Crippen LogP contribution is -2.38. The molecule has 25 heavy (non-hydrogen) atoms. The fourth-order valence-corrected chi connectivity index (χ4v) is 3.30. The van der Waals surface area contributed by atoms with Gasteiger partial charge in [0.05, 0.1) is 6.54 Å². The summed E-state index contributed by atoms with van der Waals surface area (Å²) in [5.41, 5.74) is 1.12. The van der Waals surface area contributed by atoms with Gasteiger partial charge in [-0.3, -0.25) is 9.59 Å². The highest BCUT2D eigenvalue weighted by molar-refractivity contribution is 5.85. The summed E-state index contributed by atoms with van der Waals surface area (Å²) in [6, 6.07) is 6.29. The Labute approximate surface area is 147 Å². The Balaban J connectivity index is 1.36. The van der Waals surface area contributed by atoms with Crippen molar-refractivity contribution in [3.8, 4) is 11.5 Å². The molecule has 1 aliphatic heterocycles. The molecule has 4 rings (SSSR count). The lowest BCUT2D eigenvalue weighted by Gasteiger charge is -2.22. The molecule has 0 bridgehead atoms. The number of benzene rings is 1. The molecule has 0 saturated heterocycles. The second-order valence-corrected chi connectivity index (χ2v) is 7.17. The molecule has 1 aromatic carbocycles. The molecule has 0 aromatic heterocycles. The van der Waals surface area contributed by atoms with Crippen LogP contribution in [0, 0.1) is 5.92 Å². The number of carbonyl (C=O) groups is 2. The Morgan fingerprint density at radius 1 is 1.04 bits per heavy atom. The molecular formula is C19H24N2O4. The van der Waals surface area contributed by atoms with Gasteiger partial charge in [0.25, 0.3) is 0 Å². The molecule has 1 aromatic rings. The van der Waals surface area contributed by atoms with E-state index < -0.39 is 0 Å². The van der Waals surface area contributed by atoms with Crippen LogP contribution in [0.5, 0.6) is 11.5 Å². The fraction of sp³-hybridized carbons (Fsp3) is 0.579. The van der Waals surface area contributed by atoms with E-state index in [-0.39, 0.29) is 24.3 Å². The Morgan fingerprint density at radius 3 is 2.52 bits per heavy atom. The van der Waals surface area contributed by atoms with Crippen molar-refractivity contribution >= 4 is 11.8 Å². The molecule has 1 heterocycles. The van der Waals surface area contributed by atoms with Crippen LogP contribution < -0.4 is 20.1 Å². The van der Waals surface area contributed by atoms with Gasteiger partial charge in [-0.05, 0) is 55.2 Å². The average molecular weight is 344 g/mol. The van der Waals surface area contributed by atoms with Crippen LogP contribution in [0.25, 0.3) is 0 Å². The molecule has 6 heteroatoms. The summed E-state index contributed by atoms with van der Waals surface area (Å²) in [4.78, 5) is 24.0. The lowest BCUT2D eigenvalue weighted by atomic mass is 9.90. The fourth-order valence-electron chi connectivity index (χ4n) is 3.30. The first-order valence-electron chi connectivity index (χ1n) is 9.14. The van der Waals surface area contributed by atoms with E-state index in [0.29, 0.717) is 31.6 Å². The minimum Gasteiger partial charge on any atom is -0.486 e. The topological polar surface area (TPSA) is 76.7 Å². The average Bonchev–Trinajstić information content (AvgIpc) is 3.52. The number of nitrogens with one attached hydrogen (secondary N) is 2. The van der Waals surface area contributed by atoms with Crippen LogP contribution in [0.1, 0.15) is 43.6 Å². The minimum absolute atomic E-state index is 0.0634. The third-order valence-corrected chi connectivity index (χ3v) is 4.98. The maximum absolute atomic E-state index is 12.3. The van der Waals surface area contributed by atoms with Crippen LogP contribution >= 0.6 is 0 Å². The first-order valence-corrected chi connectivity index (χ1v) is 9.14. The van der Waals surface area contributed by atoms with Crippen LogP contribution in [-0.4, -0.2) is 37.6 Å². The van der Waals surface area contributed by atoms with Crippen molar-refractivity contribution in [2.24, 2.45) is 5.92 Å². The van der Waals surface area contributed by atoms with Gasteiger partial charge >= 0.3 is 0 Å². The molecule has 2 fully saturated rings. The van der Waals surface area contributed by atoms with E-state index in [1.54, 1.807) is 0 Å². The molecule has 2 amide bonds. The molecule has 1 atom stereocenters. The number of amides is 2. The van der Waals surface area contributed by atoms with Crippen molar-refractivity contribution in [3.63, 3.8) is 0 Å². The quantitative estimate of drug-likeness (QED) is 0.790. The second kappa shape index (κ2) is 6.94. The summed E-state index contributed by atoms with van der Waals surface area (Å²) in [7, 11) is 0. The molecule has 2 N–H and O–H groups in total. The van der Waals surface area contributed by atoms with Crippen molar-refractivity contribution in [2.75, 3.05) is 19.8 Å². The monoisotopic (exact) mass is 344 g/mol. The largest absolute Gasteiger partial charge is 0.486 e. The van der Waals surface area contributed by atoms with Gasteiger partial charge in [0.2, 0.25) is 11.8 Å². The van der Waals surface area contributed by atoms with Gasteiger partial charge in [0, 0.05) is 12.5 Å². The van der Waals surface area contributed by atoms with Gasteiger partial charge in [0.15, 0.2) is 11.5 Å². The highest BCUT2D eigenvalue weighted by Crippen LogP contribution is 2.46. The molecule has 3 aliphatic rings. The Hall–Kier alpha value is -2.24. The van der Waals surface area contributed by atoms with Crippen molar-refractivity contribution in [2.45, 2.75) is 44.1 Å². The Bertz CT molecular complexity index is 667. The standard InChI is InChI=1S/C19H24N2O4/c22-18(20-11-19(23)21-14-4-5-14)10-15(12-1-2-12)13-3-6-16-17(9-13)25-8-7-24-16/h3,6,9,12,14-15H,1-2,4-5,7-8,10-11H2,(H,20,22)(H,21,23). The Kier molecular flexibility index (Phi) is 4.51. The summed E-state index contributed by atoms with van der Waals surface area (Å²) >= 11 is 0. The van der Waals surface area contributed by atoms with E-state index in [9.17, 15) is 9.59 Å². The van der Waals surface area contributed by atoms with Crippen LogP contribution in [0.2, 0.25) is 0 Å². The summed E-state index contributed by atoms with van der Waals surface area (Å²) < 4.78 is 11.2. The summed E-state index contributed by atoms with van der Waals surface area (Å²) in [6.45, 7) is 1.19. The molecule has 6 nitrogen and oxygen atoms in total. The van der Waals surface area contributed by atoms with Crippen molar-refractivity contribution in [1.29, 1.82) is 0 Å². The highest BCUT2D eigenvalue weighted by Gasteiger charge is 2.34. The predicted molar refractivity (Wildman–Crippen MR) is 91.7 cm³/mol. The van der Waals surface area contributed by atoms with Crippen LogP contribution in [0.3, 0.4) is 0 Å². The van der Waals surface area contributed by atoms with Gasteiger partial charge in [-0.2, -0.15) is 0 Å². The number of hydrogen-bond acceptors (Lipinski definition) is 4. The van der Waals surface area contributed by atoms with E-state index in [2.05, 4.69) is 10.6 Å². The highest BCUT2D eigenvalue weighted by atomic mass is 16.6. The van der Waals surface area contributed by atoms with Crippen LogP contribution in [-0.2, 0) is 9.59 Å². The molecular weight excluding hydrogens is 320 g/mol. The zero-order valence-electron chi connectivity index (χ0n) is 14.3. The molecule has 134 valence electrons. The summed E-state index contributed by atoms with van der Waals surface area (Å²) in [6.07, 6.45) is 4.80. The number of fused-ring (bicyclic) bond motifs is 1. The zero-order chi connectivity index (χ0) is 17.2. The lowest BCUT2D eigenvalue weighted by molar-refractivity contribution is -0.126. The summed E-state index contributed by atoms with van der Waals surface area (Å²) in [5, 5.41) is 5.63.